The van der Waals surface area contributed by atoms with Crippen molar-refractivity contribution in [1.29, 1.82) is 0 Å². The van der Waals surface area contributed by atoms with Crippen LogP contribution in [0.1, 0.15) is 0 Å². The Morgan fingerprint density at radius 1 is 1.05 bits per heavy atom. The maximum Gasteiger partial charge on any atom is 0.0771 e. The summed E-state index contributed by atoms with van der Waals surface area (Å²) >= 11 is 3.28. The number of hydrogen-bond donors (Lipinski definition) is 2. The molecule has 1 aliphatic rings. The fourth-order valence-electron chi connectivity index (χ4n) is 2.61. The molecule has 1 N–H and O–H groups in total. The summed E-state index contributed by atoms with van der Waals surface area (Å²) in [5.74, 6) is 0. The molecule has 3 heterocycles. The first-order valence-corrected chi connectivity index (χ1v) is 10.2. The van der Waals surface area contributed by atoms with E-state index in [4.69, 9.17) is 0 Å². The van der Waals surface area contributed by atoms with E-state index < -0.39 is 0 Å². The van der Waals surface area contributed by atoms with Gasteiger partial charge in [0.15, 0.2) is 0 Å². The van der Waals surface area contributed by atoms with E-state index >= 15 is 0 Å². The number of nitrogens with one attached hydrogen (secondary N) is 1. The van der Waals surface area contributed by atoms with Gasteiger partial charge in [-0.15, -0.1) is 33.9 Å². The fraction of sp³-hybridized carbons (Fsp3) is 0.125. The lowest BCUT2D eigenvalue weighted by molar-refractivity contribution is 1.39. The lowest BCUT2D eigenvalue weighted by Crippen LogP contribution is -2.08. The molecular formula is C16H16N2S3. The minimum absolute atomic E-state index is 0.324. The van der Waals surface area contributed by atoms with Crippen LogP contribution in [0.4, 0.5) is 11.4 Å². The third kappa shape index (κ3) is 2.16. The van der Waals surface area contributed by atoms with Gasteiger partial charge in [-0.2, -0.15) is 0 Å². The van der Waals surface area contributed by atoms with Crippen LogP contribution in [0.5, 0.6) is 0 Å². The molecule has 0 aliphatic carbocycles. The lowest BCUT2D eigenvalue weighted by Gasteiger charge is -2.21. The number of fused-ring (bicyclic) bond motifs is 1. The molecule has 3 aromatic rings. The van der Waals surface area contributed by atoms with Crippen molar-refractivity contribution in [2.24, 2.45) is 0 Å². The van der Waals surface area contributed by atoms with Crippen molar-refractivity contribution in [3.05, 3.63) is 47.2 Å². The number of rotatable bonds is 2. The summed E-state index contributed by atoms with van der Waals surface area (Å²) < 4.78 is 6.05. The second-order valence-electron chi connectivity index (χ2n) is 5.03. The fourth-order valence-corrected chi connectivity index (χ4v) is 5.26. The molecule has 0 spiro atoms. The highest BCUT2D eigenvalue weighted by atomic mass is 32.2. The summed E-state index contributed by atoms with van der Waals surface area (Å²) in [6.45, 7) is 0. The van der Waals surface area contributed by atoms with Crippen molar-refractivity contribution in [2.75, 3.05) is 22.3 Å². The quantitative estimate of drug-likeness (QED) is 0.605. The molecule has 0 radical (unpaired) electrons. The highest BCUT2D eigenvalue weighted by Crippen LogP contribution is 2.52. The number of anilines is 2. The summed E-state index contributed by atoms with van der Waals surface area (Å²) in [7, 11) is 2.18. The molecule has 4 rings (SSSR count). The van der Waals surface area contributed by atoms with Crippen molar-refractivity contribution >= 4 is 45.3 Å². The van der Waals surface area contributed by atoms with Gasteiger partial charge in [0, 0.05) is 22.4 Å². The predicted molar refractivity (Wildman–Crippen MR) is 100 cm³/mol. The first-order chi connectivity index (χ1) is 10.2. The van der Waals surface area contributed by atoms with Crippen LogP contribution in [0.15, 0.2) is 47.2 Å². The van der Waals surface area contributed by atoms with Gasteiger partial charge in [-0.25, -0.2) is 0 Å². The molecular weight excluding hydrogens is 316 g/mol. The molecule has 0 fully saturated rings. The van der Waals surface area contributed by atoms with E-state index in [9.17, 15) is 0 Å². The zero-order valence-corrected chi connectivity index (χ0v) is 14.4. The maximum atomic E-state index is 3.68. The molecule has 5 heteroatoms. The van der Waals surface area contributed by atoms with E-state index in [0.29, 0.717) is 0 Å². The largest absolute Gasteiger partial charge is 0.332 e. The summed E-state index contributed by atoms with van der Waals surface area (Å²) in [5, 5.41) is 4.29. The van der Waals surface area contributed by atoms with E-state index in [2.05, 4.69) is 69.5 Å². The Morgan fingerprint density at radius 2 is 1.76 bits per heavy atom. The van der Waals surface area contributed by atoms with Gasteiger partial charge < -0.3 is 9.03 Å². The minimum Gasteiger partial charge on any atom is -0.332 e. The highest BCUT2D eigenvalue weighted by Gasteiger charge is 2.24. The van der Waals surface area contributed by atoms with Crippen molar-refractivity contribution in [2.45, 2.75) is 0 Å². The maximum absolute atomic E-state index is 3.68. The van der Waals surface area contributed by atoms with Crippen LogP contribution in [0.25, 0.3) is 20.9 Å². The van der Waals surface area contributed by atoms with Crippen LogP contribution >= 0.6 is 33.9 Å². The molecule has 1 atom stereocenters. The molecule has 0 saturated carbocycles. The van der Waals surface area contributed by atoms with Crippen LogP contribution in [-0.2, 0) is 0 Å². The van der Waals surface area contributed by atoms with Crippen molar-refractivity contribution < 1.29 is 0 Å². The molecule has 2 nitrogen and oxygen atoms in total. The summed E-state index contributed by atoms with van der Waals surface area (Å²) in [6.07, 6.45) is 2.26. The second-order valence-corrected chi connectivity index (χ2v) is 8.80. The third-order valence-electron chi connectivity index (χ3n) is 3.78. The average molecular weight is 333 g/mol. The number of nitrogens with zero attached hydrogens (tertiary/aromatic N) is 1. The van der Waals surface area contributed by atoms with Gasteiger partial charge in [-0.1, -0.05) is 12.1 Å². The van der Waals surface area contributed by atoms with E-state index in [0.717, 1.165) is 0 Å². The Labute approximate surface area is 135 Å². The Bertz CT molecular complexity index is 763. The van der Waals surface area contributed by atoms with Crippen LogP contribution in [0, 0.1) is 0 Å². The van der Waals surface area contributed by atoms with Crippen molar-refractivity contribution in [3.63, 3.8) is 0 Å². The molecule has 0 saturated heterocycles. The van der Waals surface area contributed by atoms with Crippen molar-refractivity contribution in [1.82, 2.24) is 0 Å². The zero-order valence-electron chi connectivity index (χ0n) is 11.8. The Balaban J connectivity index is 1.96. The van der Waals surface area contributed by atoms with Gasteiger partial charge in [0.2, 0.25) is 0 Å². The Hall–Kier alpha value is -1.43. The molecule has 0 bridgehead atoms. The normalized spacial score (nSPS) is 18.6. The van der Waals surface area contributed by atoms with Crippen molar-refractivity contribution in [3.8, 4) is 20.9 Å². The monoisotopic (exact) mass is 332 g/mol. The Kier molecular flexibility index (Phi) is 3.21. The minimum atomic E-state index is -0.324. The second kappa shape index (κ2) is 5.09. The summed E-state index contributed by atoms with van der Waals surface area (Å²) in [6, 6.07) is 13.3. The van der Waals surface area contributed by atoms with Crippen LogP contribution in [0.3, 0.4) is 0 Å². The molecule has 1 unspecified atom stereocenters. The standard InChI is InChI=1S/C16H16N2S3/c1-18-13-10-11(14-5-3-7-19-14)9-12(15-6-4-8-20-15)16(13)17-21(18)2/h3-10,17,21H,1-2H3. The Morgan fingerprint density at radius 3 is 2.43 bits per heavy atom. The van der Waals surface area contributed by atoms with Gasteiger partial charge >= 0.3 is 0 Å². The van der Waals surface area contributed by atoms with Crippen LogP contribution < -0.4 is 9.03 Å². The van der Waals surface area contributed by atoms with Gasteiger partial charge in [-0.3, -0.25) is 0 Å². The lowest BCUT2D eigenvalue weighted by atomic mass is 10.0. The van der Waals surface area contributed by atoms with Gasteiger partial charge in [0.05, 0.1) is 11.4 Å². The number of benzene rings is 1. The molecule has 108 valence electrons. The smallest absolute Gasteiger partial charge is 0.0771 e. The molecule has 2 aromatic heterocycles. The average Bonchev–Trinajstić information content (AvgIpc) is 3.22. The SMILES string of the molecule is CN1c2cc(-c3cccs3)cc(-c3cccs3)c2N[SH]1C. The molecule has 21 heavy (non-hydrogen) atoms. The topological polar surface area (TPSA) is 15.3 Å². The number of thiol groups is 1. The van der Waals surface area contributed by atoms with Gasteiger partial charge in [-0.05, 0) is 46.8 Å². The third-order valence-corrected chi connectivity index (χ3v) is 7.27. The summed E-state index contributed by atoms with van der Waals surface area (Å²) in [5.41, 5.74) is 5.24. The van der Waals surface area contributed by atoms with E-state index in [-0.39, 0.29) is 11.3 Å². The highest BCUT2D eigenvalue weighted by molar-refractivity contribution is 8.19. The molecule has 1 aromatic carbocycles. The molecule has 1 aliphatic heterocycles. The first kappa shape index (κ1) is 13.2. The van der Waals surface area contributed by atoms with Crippen LogP contribution in [-0.4, -0.2) is 13.3 Å². The van der Waals surface area contributed by atoms with Crippen LogP contribution in [0.2, 0.25) is 0 Å². The number of hydrogen-bond acceptors (Lipinski definition) is 4. The van der Waals surface area contributed by atoms with E-state index in [1.54, 1.807) is 22.7 Å². The first-order valence-electron chi connectivity index (χ1n) is 6.74. The van der Waals surface area contributed by atoms with E-state index in [1.807, 2.05) is 0 Å². The van der Waals surface area contributed by atoms with Gasteiger partial charge in [0.25, 0.3) is 0 Å². The summed E-state index contributed by atoms with van der Waals surface area (Å²) in [4.78, 5) is 2.66. The van der Waals surface area contributed by atoms with E-state index in [1.165, 1.54) is 32.3 Å². The molecule has 0 amide bonds. The number of thiophene rings is 2. The predicted octanol–water partition coefficient (Wildman–Crippen LogP) is 5.47. The van der Waals surface area contributed by atoms with Gasteiger partial charge in [0.1, 0.15) is 0 Å². The zero-order chi connectivity index (χ0) is 14.4.